The van der Waals surface area contributed by atoms with Gasteiger partial charge >= 0.3 is 25.7 Å². The quantitative estimate of drug-likeness (QED) is 0.00886. The van der Waals surface area contributed by atoms with Crippen molar-refractivity contribution in [1.29, 1.82) is 0 Å². The van der Waals surface area contributed by atoms with Gasteiger partial charge in [-0.1, -0.05) is 238 Å². The SMILES string of the molecule is CCCCCCCCC/C=C\CCCCCC(=O)OC(COC(=O)CCCCCCCCCCCCCC)COP(=O)(O)OC1C(OC2OC(CO)C(O)C(O)C2O)C(O)C(O)C(O)C1OC1OC(COC(=O)CCCCCCCCCCCCCCCCC)C(O)C(O)C1O. The maximum Gasteiger partial charge on any atom is 0.472 e. The van der Waals surface area contributed by atoms with Gasteiger partial charge in [-0.05, 0) is 44.9 Å². The number of rotatable bonds is 58. The molecule has 2 aliphatic heterocycles. The average Bonchev–Trinajstić information content (AvgIpc) is 0.764. The van der Waals surface area contributed by atoms with E-state index in [4.69, 9.17) is 42.2 Å². The van der Waals surface area contributed by atoms with E-state index < -0.39 is 156 Å². The fourth-order valence-corrected chi connectivity index (χ4v) is 13.4. The summed E-state index contributed by atoms with van der Waals surface area (Å²) in [6, 6.07) is 0. The lowest BCUT2D eigenvalue weighted by Gasteiger charge is -2.49. The zero-order valence-corrected chi connectivity index (χ0v) is 59.6. The van der Waals surface area contributed by atoms with Crippen LogP contribution in [-0.2, 0) is 61.2 Å². The molecule has 564 valence electrons. The molecule has 3 rings (SSSR count). The molecular formula is C71H131O24P. The van der Waals surface area contributed by atoms with Crippen molar-refractivity contribution in [3.8, 4) is 0 Å². The van der Waals surface area contributed by atoms with Crippen LogP contribution in [0.4, 0.5) is 0 Å². The summed E-state index contributed by atoms with van der Waals surface area (Å²) < 4.78 is 64.9. The predicted molar refractivity (Wildman–Crippen MR) is 361 cm³/mol. The molecule has 2 saturated heterocycles. The molecule has 0 amide bonds. The van der Waals surface area contributed by atoms with Crippen LogP contribution in [0.5, 0.6) is 0 Å². The fraction of sp³-hybridized carbons (Fsp3) is 0.930. The normalized spacial score (nSPS) is 28.0. The summed E-state index contributed by atoms with van der Waals surface area (Å²) in [5, 5.41) is 110. The van der Waals surface area contributed by atoms with Gasteiger partial charge in [0.2, 0.25) is 0 Å². The first-order valence-electron chi connectivity index (χ1n) is 37.5. The van der Waals surface area contributed by atoms with Gasteiger partial charge in [-0.15, -0.1) is 0 Å². The van der Waals surface area contributed by atoms with Crippen molar-refractivity contribution in [3.05, 3.63) is 12.2 Å². The average molecular weight is 1400 g/mol. The van der Waals surface area contributed by atoms with Crippen molar-refractivity contribution in [1.82, 2.24) is 0 Å². The Morgan fingerprint density at radius 2 is 0.729 bits per heavy atom. The van der Waals surface area contributed by atoms with Crippen LogP contribution in [0.2, 0.25) is 0 Å². The largest absolute Gasteiger partial charge is 0.472 e. The highest BCUT2D eigenvalue weighted by molar-refractivity contribution is 7.47. The van der Waals surface area contributed by atoms with Gasteiger partial charge in [0.25, 0.3) is 0 Å². The third-order valence-corrected chi connectivity index (χ3v) is 19.5. The van der Waals surface area contributed by atoms with E-state index in [-0.39, 0.29) is 19.3 Å². The number of carbonyl (C=O) groups is 3. The molecule has 2 heterocycles. The summed E-state index contributed by atoms with van der Waals surface area (Å²) in [5.74, 6) is -2.00. The van der Waals surface area contributed by atoms with Gasteiger partial charge in [-0.3, -0.25) is 23.4 Å². The molecular weight excluding hydrogens is 1270 g/mol. The van der Waals surface area contributed by atoms with Crippen LogP contribution in [0.3, 0.4) is 0 Å². The van der Waals surface area contributed by atoms with Gasteiger partial charge in [-0.2, -0.15) is 0 Å². The number of allylic oxidation sites excluding steroid dienone is 2. The Kier molecular flexibility index (Phi) is 49.0. The maximum absolute atomic E-state index is 14.3. The zero-order chi connectivity index (χ0) is 70.4. The summed E-state index contributed by atoms with van der Waals surface area (Å²) in [5.41, 5.74) is 0. The summed E-state index contributed by atoms with van der Waals surface area (Å²) in [4.78, 5) is 50.9. The second kappa shape index (κ2) is 53.5. The molecule has 0 aromatic rings. The van der Waals surface area contributed by atoms with Crippen LogP contribution < -0.4 is 0 Å². The van der Waals surface area contributed by atoms with Crippen molar-refractivity contribution in [2.24, 2.45) is 0 Å². The van der Waals surface area contributed by atoms with Crippen molar-refractivity contribution >= 4 is 25.7 Å². The molecule has 0 radical (unpaired) electrons. The van der Waals surface area contributed by atoms with Gasteiger partial charge in [0.15, 0.2) is 18.7 Å². The third kappa shape index (κ3) is 36.5. The summed E-state index contributed by atoms with van der Waals surface area (Å²) in [7, 11) is -5.69. The van der Waals surface area contributed by atoms with E-state index in [1.807, 2.05) is 0 Å². The van der Waals surface area contributed by atoms with Crippen LogP contribution in [0, 0.1) is 0 Å². The Bertz CT molecular complexity index is 2040. The van der Waals surface area contributed by atoms with Crippen LogP contribution in [-0.4, -0.2) is 204 Å². The van der Waals surface area contributed by atoms with E-state index in [2.05, 4.69) is 32.9 Å². The van der Waals surface area contributed by atoms with Crippen LogP contribution in [0.15, 0.2) is 12.2 Å². The minimum Gasteiger partial charge on any atom is -0.463 e. The Morgan fingerprint density at radius 3 is 1.14 bits per heavy atom. The topological polar surface area (TPSA) is 374 Å². The van der Waals surface area contributed by atoms with E-state index >= 15 is 0 Å². The van der Waals surface area contributed by atoms with Gasteiger partial charge in [0.05, 0.1) is 13.2 Å². The molecule has 18 unspecified atom stereocenters. The molecule has 3 fully saturated rings. The van der Waals surface area contributed by atoms with Gasteiger partial charge in [-0.25, -0.2) is 4.57 Å². The fourth-order valence-electron chi connectivity index (χ4n) is 12.4. The van der Waals surface area contributed by atoms with E-state index in [9.17, 15) is 74.9 Å². The van der Waals surface area contributed by atoms with E-state index in [0.717, 1.165) is 89.9 Å². The molecule has 96 heavy (non-hydrogen) atoms. The van der Waals surface area contributed by atoms with Crippen molar-refractivity contribution in [2.75, 3.05) is 26.4 Å². The summed E-state index contributed by atoms with van der Waals surface area (Å²) >= 11 is 0. The maximum atomic E-state index is 14.3. The summed E-state index contributed by atoms with van der Waals surface area (Å²) in [6.45, 7) is 3.43. The molecule has 18 atom stereocenters. The van der Waals surface area contributed by atoms with E-state index in [1.54, 1.807) is 0 Å². The lowest BCUT2D eigenvalue weighted by atomic mass is 9.84. The van der Waals surface area contributed by atoms with Crippen LogP contribution >= 0.6 is 7.82 Å². The van der Waals surface area contributed by atoms with Crippen LogP contribution in [0.1, 0.15) is 290 Å². The number of ether oxygens (including phenoxy) is 7. The smallest absolute Gasteiger partial charge is 0.463 e. The molecule has 3 aliphatic rings. The van der Waals surface area contributed by atoms with Crippen molar-refractivity contribution < 1.29 is 117 Å². The minimum absolute atomic E-state index is 0.0321. The number of esters is 3. The van der Waals surface area contributed by atoms with Crippen molar-refractivity contribution in [2.45, 2.75) is 395 Å². The lowest BCUT2D eigenvalue weighted by Crippen LogP contribution is -2.69. The van der Waals surface area contributed by atoms with E-state index in [1.165, 1.54) is 135 Å². The molecule has 11 N–H and O–H groups in total. The standard InChI is InChI=1S/C71H131O24P/c1-4-7-10-13-16-19-22-25-27-29-31-34-37-40-43-46-56(74)88-51-54-59(77)61(79)66(84)71(92-54)94-68-64(82)62(80)63(81)67(93-70-65(83)60(78)58(76)53(48-72)91-70)69(68)95-96(85,86)89-50-52(49-87-55(73)45-42-39-36-33-30-24-21-18-15-12-9-6-3)90-57(75)47-44-41-38-35-32-28-26-23-20-17-14-11-8-5-2/h28,32,52-54,58-72,76-84H,4-27,29-31,33-51H2,1-3H3,(H,85,86)/b32-28-. The first kappa shape index (κ1) is 87.9. The molecule has 1 saturated carbocycles. The number of carbonyl (C=O) groups excluding carboxylic acids is 3. The molecule has 0 spiro atoms. The third-order valence-electron chi connectivity index (χ3n) is 18.5. The van der Waals surface area contributed by atoms with Gasteiger partial charge in [0, 0.05) is 19.3 Å². The minimum atomic E-state index is -5.69. The van der Waals surface area contributed by atoms with Crippen molar-refractivity contribution in [3.63, 3.8) is 0 Å². The van der Waals surface area contributed by atoms with E-state index in [0.29, 0.717) is 25.7 Å². The second-order valence-electron chi connectivity index (χ2n) is 27.0. The number of hydrogen-bond acceptors (Lipinski definition) is 23. The number of hydrogen-bond donors (Lipinski definition) is 11. The van der Waals surface area contributed by atoms with Crippen LogP contribution in [0.25, 0.3) is 0 Å². The Morgan fingerprint density at radius 1 is 0.396 bits per heavy atom. The highest BCUT2D eigenvalue weighted by Crippen LogP contribution is 2.49. The van der Waals surface area contributed by atoms with Gasteiger partial charge in [0.1, 0.15) is 98.7 Å². The first-order valence-corrected chi connectivity index (χ1v) is 39.0. The number of phosphoric acid groups is 1. The first-order chi connectivity index (χ1) is 46.3. The number of phosphoric ester groups is 1. The second-order valence-corrected chi connectivity index (χ2v) is 28.4. The molecule has 0 bridgehead atoms. The highest BCUT2D eigenvalue weighted by Gasteiger charge is 2.58. The molecule has 25 heteroatoms. The highest BCUT2D eigenvalue weighted by atomic mass is 31.2. The Labute approximate surface area is 573 Å². The molecule has 1 aliphatic carbocycles. The Balaban J connectivity index is 1.74. The monoisotopic (exact) mass is 1400 g/mol. The summed E-state index contributed by atoms with van der Waals surface area (Å²) in [6.07, 6.45) is 11.4. The predicted octanol–water partition coefficient (Wildman–Crippen LogP) is 9.96. The lowest BCUT2D eigenvalue weighted by molar-refractivity contribution is -0.360. The van der Waals surface area contributed by atoms with Gasteiger partial charge < -0.3 is 89.1 Å². The number of aliphatic hydroxyl groups excluding tert-OH is 10. The molecule has 0 aromatic carbocycles. The molecule has 0 aromatic heterocycles. The Hall–Kier alpha value is -2.30. The zero-order valence-electron chi connectivity index (χ0n) is 58.7. The molecule has 24 nitrogen and oxygen atoms in total. The number of aliphatic hydroxyl groups is 10. The number of unbranched alkanes of at least 4 members (excludes halogenated alkanes) is 35.